The van der Waals surface area contributed by atoms with Crippen LogP contribution in [0.3, 0.4) is 0 Å². The Morgan fingerprint density at radius 2 is 1.92 bits per heavy atom. The number of nitrogens with one attached hydrogen (secondary N) is 1. The van der Waals surface area contributed by atoms with Gasteiger partial charge in [-0.2, -0.15) is 0 Å². The molecule has 128 valence electrons. The van der Waals surface area contributed by atoms with Crippen molar-refractivity contribution in [1.82, 2.24) is 0 Å². The van der Waals surface area contributed by atoms with E-state index in [9.17, 15) is 4.79 Å². The molecular formula is C19H22ClNO3. The molecule has 0 aliphatic carbocycles. The van der Waals surface area contributed by atoms with Gasteiger partial charge in [0.25, 0.3) is 5.91 Å². The zero-order valence-electron chi connectivity index (χ0n) is 14.1. The minimum atomic E-state index is -0.276. The molecule has 0 aromatic heterocycles. The molecule has 0 aliphatic heterocycles. The van der Waals surface area contributed by atoms with Gasteiger partial charge in [0.1, 0.15) is 11.5 Å². The maximum absolute atomic E-state index is 12.1. The molecule has 2 aromatic rings. The summed E-state index contributed by atoms with van der Waals surface area (Å²) in [5.41, 5.74) is 1.78. The maximum Gasteiger partial charge on any atom is 0.262 e. The molecule has 2 rings (SSSR count). The van der Waals surface area contributed by atoms with Gasteiger partial charge in [0.15, 0.2) is 6.61 Å². The van der Waals surface area contributed by atoms with E-state index >= 15 is 0 Å². The molecule has 0 fully saturated rings. The van der Waals surface area contributed by atoms with Gasteiger partial charge in [-0.1, -0.05) is 37.6 Å². The van der Waals surface area contributed by atoms with Gasteiger partial charge in [-0.05, 0) is 48.2 Å². The topological polar surface area (TPSA) is 47.6 Å². The molecule has 0 unspecified atom stereocenters. The average molecular weight is 348 g/mol. The van der Waals surface area contributed by atoms with Crippen LogP contribution in [0.5, 0.6) is 11.5 Å². The van der Waals surface area contributed by atoms with E-state index in [0.717, 1.165) is 6.42 Å². The lowest BCUT2D eigenvalue weighted by molar-refractivity contribution is -0.118. The fourth-order valence-electron chi connectivity index (χ4n) is 2.24. The van der Waals surface area contributed by atoms with Crippen LogP contribution in [0.15, 0.2) is 42.5 Å². The quantitative estimate of drug-likeness (QED) is 0.776. The molecule has 0 radical (unpaired) electrons. The van der Waals surface area contributed by atoms with Crippen LogP contribution >= 0.6 is 11.6 Å². The molecule has 1 N–H and O–H groups in total. The summed E-state index contributed by atoms with van der Waals surface area (Å²) < 4.78 is 10.7. The molecule has 5 heteroatoms. The molecule has 24 heavy (non-hydrogen) atoms. The number of halogens is 1. The third-order valence-electron chi connectivity index (χ3n) is 3.87. The zero-order valence-corrected chi connectivity index (χ0v) is 14.9. The third-order valence-corrected chi connectivity index (χ3v) is 4.10. The lowest BCUT2D eigenvalue weighted by Gasteiger charge is -2.12. The van der Waals surface area contributed by atoms with E-state index in [1.54, 1.807) is 18.2 Å². The normalized spacial score (nSPS) is 11.7. The van der Waals surface area contributed by atoms with Crippen molar-refractivity contribution >= 4 is 23.2 Å². The van der Waals surface area contributed by atoms with Crippen molar-refractivity contribution in [3.8, 4) is 11.5 Å². The van der Waals surface area contributed by atoms with Gasteiger partial charge in [-0.3, -0.25) is 4.79 Å². The van der Waals surface area contributed by atoms with Crippen molar-refractivity contribution in [3.05, 3.63) is 53.1 Å². The second kappa shape index (κ2) is 8.60. The number of anilines is 1. The van der Waals surface area contributed by atoms with Gasteiger partial charge in [0.2, 0.25) is 0 Å². The highest BCUT2D eigenvalue weighted by Crippen LogP contribution is 2.27. The molecular weight excluding hydrogens is 326 g/mol. The van der Waals surface area contributed by atoms with Gasteiger partial charge in [-0.15, -0.1) is 0 Å². The van der Waals surface area contributed by atoms with Crippen LogP contribution in [0.2, 0.25) is 5.02 Å². The Morgan fingerprint density at radius 1 is 1.21 bits per heavy atom. The highest BCUT2D eigenvalue weighted by molar-refractivity contribution is 6.31. The SMILES string of the molecule is CC[C@H](C)c1ccc(OCC(=O)Nc2cc(Cl)ccc2OC)cc1. The number of amides is 1. The minimum absolute atomic E-state index is 0.0850. The second-order valence-electron chi connectivity index (χ2n) is 5.56. The summed E-state index contributed by atoms with van der Waals surface area (Å²) >= 11 is 5.94. The lowest BCUT2D eigenvalue weighted by atomic mass is 9.99. The molecule has 0 heterocycles. The molecule has 0 bridgehead atoms. The molecule has 0 aliphatic rings. The smallest absolute Gasteiger partial charge is 0.262 e. The van der Waals surface area contributed by atoms with Crippen LogP contribution in [0.25, 0.3) is 0 Å². The Morgan fingerprint density at radius 3 is 2.54 bits per heavy atom. The first-order valence-electron chi connectivity index (χ1n) is 7.89. The van der Waals surface area contributed by atoms with Crippen LogP contribution in [0.4, 0.5) is 5.69 Å². The van der Waals surface area contributed by atoms with Crippen molar-refractivity contribution in [2.45, 2.75) is 26.2 Å². The van der Waals surface area contributed by atoms with Crippen molar-refractivity contribution in [1.29, 1.82) is 0 Å². The van der Waals surface area contributed by atoms with Crippen molar-refractivity contribution in [2.24, 2.45) is 0 Å². The number of carbonyl (C=O) groups excluding carboxylic acids is 1. The van der Waals surface area contributed by atoms with Crippen molar-refractivity contribution in [2.75, 3.05) is 19.0 Å². The Bertz CT molecular complexity index is 686. The third kappa shape index (κ3) is 4.90. The van der Waals surface area contributed by atoms with Crippen molar-refractivity contribution in [3.63, 3.8) is 0 Å². The molecule has 2 aromatic carbocycles. The van der Waals surface area contributed by atoms with Gasteiger partial charge in [0.05, 0.1) is 12.8 Å². The van der Waals surface area contributed by atoms with E-state index < -0.39 is 0 Å². The Labute approximate surface area is 147 Å². The van der Waals surface area contributed by atoms with E-state index in [1.165, 1.54) is 12.7 Å². The van der Waals surface area contributed by atoms with Crippen LogP contribution in [0, 0.1) is 0 Å². The predicted molar refractivity (Wildman–Crippen MR) is 97.3 cm³/mol. The predicted octanol–water partition coefficient (Wildman–Crippen LogP) is 4.88. The number of hydrogen-bond acceptors (Lipinski definition) is 3. The Kier molecular flexibility index (Phi) is 6.50. The summed E-state index contributed by atoms with van der Waals surface area (Å²) in [5.74, 6) is 1.44. The molecule has 0 saturated carbocycles. The summed E-state index contributed by atoms with van der Waals surface area (Å²) in [6.45, 7) is 4.25. The number of ether oxygens (including phenoxy) is 2. The van der Waals surface area contributed by atoms with Crippen LogP contribution in [0.1, 0.15) is 31.7 Å². The highest BCUT2D eigenvalue weighted by atomic mass is 35.5. The number of methoxy groups -OCH3 is 1. The second-order valence-corrected chi connectivity index (χ2v) is 6.00. The molecule has 4 nitrogen and oxygen atoms in total. The summed E-state index contributed by atoms with van der Waals surface area (Å²) in [6.07, 6.45) is 1.09. The lowest BCUT2D eigenvalue weighted by Crippen LogP contribution is -2.20. The van der Waals surface area contributed by atoms with Gasteiger partial charge in [0, 0.05) is 5.02 Å². The number of benzene rings is 2. The Hall–Kier alpha value is -2.20. The molecule has 1 amide bonds. The molecule has 0 saturated heterocycles. The molecule has 1 atom stereocenters. The fourth-order valence-corrected chi connectivity index (χ4v) is 2.41. The first-order valence-corrected chi connectivity index (χ1v) is 8.27. The summed E-state index contributed by atoms with van der Waals surface area (Å²) in [7, 11) is 1.54. The fraction of sp³-hybridized carbons (Fsp3) is 0.316. The van der Waals surface area contributed by atoms with E-state index in [1.807, 2.05) is 24.3 Å². The van der Waals surface area contributed by atoms with Gasteiger partial charge < -0.3 is 14.8 Å². The standard InChI is InChI=1S/C19H22ClNO3/c1-4-13(2)14-5-8-16(9-6-14)24-12-19(22)21-17-11-15(20)7-10-18(17)23-3/h5-11,13H,4,12H2,1-3H3,(H,21,22)/t13-/m0/s1. The maximum atomic E-state index is 12.1. The number of carbonyl (C=O) groups is 1. The Balaban J connectivity index is 1.93. The first kappa shape index (κ1) is 18.1. The van der Waals surface area contributed by atoms with E-state index in [0.29, 0.717) is 28.1 Å². The van der Waals surface area contributed by atoms with Crippen molar-refractivity contribution < 1.29 is 14.3 Å². The van der Waals surface area contributed by atoms with Crippen LogP contribution < -0.4 is 14.8 Å². The van der Waals surface area contributed by atoms with E-state index in [-0.39, 0.29) is 12.5 Å². The summed E-state index contributed by atoms with van der Waals surface area (Å²) in [4.78, 5) is 12.1. The van der Waals surface area contributed by atoms with E-state index in [4.69, 9.17) is 21.1 Å². The zero-order chi connectivity index (χ0) is 17.5. The van der Waals surface area contributed by atoms with Gasteiger partial charge >= 0.3 is 0 Å². The monoisotopic (exact) mass is 347 g/mol. The van der Waals surface area contributed by atoms with Crippen LogP contribution in [-0.2, 0) is 4.79 Å². The van der Waals surface area contributed by atoms with E-state index in [2.05, 4.69) is 19.2 Å². The van der Waals surface area contributed by atoms with Crippen LogP contribution in [-0.4, -0.2) is 19.6 Å². The first-order chi connectivity index (χ1) is 11.5. The highest BCUT2D eigenvalue weighted by Gasteiger charge is 2.09. The summed E-state index contributed by atoms with van der Waals surface area (Å²) in [5, 5.41) is 3.26. The largest absolute Gasteiger partial charge is 0.495 e. The number of rotatable bonds is 7. The minimum Gasteiger partial charge on any atom is -0.495 e. The van der Waals surface area contributed by atoms with Gasteiger partial charge in [-0.25, -0.2) is 0 Å². The number of hydrogen-bond donors (Lipinski definition) is 1. The summed E-state index contributed by atoms with van der Waals surface area (Å²) in [6, 6.07) is 12.9. The average Bonchev–Trinajstić information content (AvgIpc) is 2.60. The molecule has 0 spiro atoms.